The van der Waals surface area contributed by atoms with Crippen LogP contribution in [0.2, 0.25) is 0 Å². The SMILES string of the molecule is Cc1nc(C(C)(C)C)cc2c1OCC=C2. The predicted molar refractivity (Wildman–Crippen MR) is 62.2 cm³/mol. The summed E-state index contributed by atoms with van der Waals surface area (Å²) in [6, 6.07) is 2.12. The molecule has 0 N–H and O–H groups in total. The number of hydrogen-bond donors (Lipinski definition) is 0. The van der Waals surface area contributed by atoms with Crippen LogP contribution < -0.4 is 4.74 Å². The van der Waals surface area contributed by atoms with Crippen molar-refractivity contribution in [2.75, 3.05) is 6.61 Å². The van der Waals surface area contributed by atoms with Crippen molar-refractivity contribution in [1.29, 1.82) is 0 Å². The highest BCUT2D eigenvalue weighted by molar-refractivity contribution is 5.61. The number of ether oxygens (including phenoxy) is 1. The Balaban J connectivity index is 2.56. The van der Waals surface area contributed by atoms with E-state index in [4.69, 9.17) is 4.74 Å². The van der Waals surface area contributed by atoms with Crippen LogP contribution in [0, 0.1) is 6.92 Å². The van der Waals surface area contributed by atoms with Crippen LogP contribution in [0.25, 0.3) is 6.08 Å². The Kier molecular flexibility index (Phi) is 2.29. The van der Waals surface area contributed by atoms with Crippen LogP contribution in [0.4, 0.5) is 0 Å². The fourth-order valence-electron chi connectivity index (χ4n) is 1.69. The van der Waals surface area contributed by atoms with Crippen LogP contribution in [-0.4, -0.2) is 11.6 Å². The molecular formula is C13H17NO. The first-order valence-corrected chi connectivity index (χ1v) is 5.30. The largest absolute Gasteiger partial charge is 0.487 e. The summed E-state index contributed by atoms with van der Waals surface area (Å²) in [5, 5.41) is 0. The normalized spacial score (nSPS) is 14.7. The minimum Gasteiger partial charge on any atom is -0.487 e. The summed E-state index contributed by atoms with van der Waals surface area (Å²) in [5.74, 6) is 0.936. The number of fused-ring (bicyclic) bond motifs is 1. The van der Waals surface area contributed by atoms with Gasteiger partial charge in [-0.1, -0.05) is 26.8 Å². The van der Waals surface area contributed by atoms with E-state index in [9.17, 15) is 0 Å². The molecule has 2 heterocycles. The molecular weight excluding hydrogens is 186 g/mol. The average Bonchev–Trinajstić information content (AvgIpc) is 2.16. The molecule has 0 aliphatic carbocycles. The van der Waals surface area contributed by atoms with Gasteiger partial charge in [0.1, 0.15) is 12.4 Å². The highest BCUT2D eigenvalue weighted by Crippen LogP contribution is 2.31. The molecule has 0 saturated heterocycles. The topological polar surface area (TPSA) is 22.1 Å². The summed E-state index contributed by atoms with van der Waals surface area (Å²) in [6.07, 6.45) is 4.15. The van der Waals surface area contributed by atoms with E-state index in [1.807, 2.05) is 13.0 Å². The van der Waals surface area contributed by atoms with Gasteiger partial charge in [-0.05, 0) is 19.1 Å². The smallest absolute Gasteiger partial charge is 0.148 e. The van der Waals surface area contributed by atoms with Crippen molar-refractivity contribution >= 4 is 6.08 Å². The number of nitrogens with zero attached hydrogens (tertiary/aromatic N) is 1. The van der Waals surface area contributed by atoms with Crippen LogP contribution >= 0.6 is 0 Å². The van der Waals surface area contributed by atoms with Gasteiger partial charge in [0.25, 0.3) is 0 Å². The molecule has 1 aromatic heterocycles. The Hall–Kier alpha value is -1.31. The lowest BCUT2D eigenvalue weighted by atomic mass is 9.90. The van der Waals surface area contributed by atoms with Crippen LogP contribution in [-0.2, 0) is 5.41 Å². The summed E-state index contributed by atoms with van der Waals surface area (Å²) in [7, 11) is 0. The third kappa shape index (κ3) is 1.89. The van der Waals surface area contributed by atoms with Crippen LogP contribution in [0.15, 0.2) is 12.1 Å². The van der Waals surface area contributed by atoms with Crippen molar-refractivity contribution in [2.45, 2.75) is 33.1 Å². The number of aromatic nitrogens is 1. The van der Waals surface area contributed by atoms with Gasteiger partial charge >= 0.3 is 0 Å². The Labute approximate surface area is 91.0 Å². The zero-order chi connectivity index (χ0) is 11.1. The molecule has 2 nitrogen and oxygen atoms in total. The molecule has 1 aliphatic heterocycles. The monoisotopic (exact) mass is 203 g/mol. The van der Waals surface area contributed by atoms with Crippen LogP contribution in [0.3, 0.4) is 0 Å². The van der Waals surface area contributed by atoms with Crippen molar-refractivity contribution in [2.24, 2.45) is 0 Å². The van der Waals surface area contributed by atoms with E-state index in [2.05, 4.69) is 37.9 Å². The van der Waals surface area contributed by atoms with Gasteiger partial charge in [0.05, 0.1) is 5.69 Å². The molecule has 1 aliphatic rings. The number of pyridine rings is 1. The zero-order valence-electron chi connectivity index (χ0n) is 9.79. The van der Waals surface area contributed by atoms with Gasteiger partial charge in [-0.25, -0.2) is 0 Å². The molecule has 80 valence electrons. The van der Waals surface area contributed by atoms with Crippen molar-refractivity contribution < 1.29 is 4.74 Å². The molecule has 0 spiro atoms. The highest BCUT2D eigenvalue weighted by Gasteiger charge is 2.19. The number of aryl methyl sites for hydroxylation is 1. The van der Waals surface area contributed by atoms with Gasteiger partial charge in [0.2, 0.25) is 0 Å². The molecule has 0 bridgehead atoms. The maximum Gasteiger partial charge on any atom is 0.148 e. The second kappa shape index (κ2) is 3.37. The van der Waals surface area contributed by atoms with Crippen molar-refractivity contribution in [1.82, 2.24) is 4.98 Å². The third-order valence-corrected chi connectivity index (χ3v) is 2.56. The van der Waals surface area contributed by atoms with E-state index in [0.29, 0.717) is 6.61 Å². The van der Waals surface area contributed by atoms with Crippen molar-refractivity contribution in [3.8, 4) is 5.75 Å². The molecule has 0 radical (unpaired) electrons. The first-order chi connectivity index (χ1) is 6.98. The first kappa shape index (κ1) is 10.2. The Morgan fingerprint density at radius 3 is 2.73 bits per heavy atom. The Bertz CT molecular complexity index is 413. The van der Waals surface area contributed by atoms with E-state index in [1.54, 1.807) is 0 Å². The molecule has 0 amide bonds. The molecule has 0 fully saturated rings. The highest BCUT2D eigenvalue weighted by atomic mass is 16.5. The maximum absolute atomic E-state index is 5.57. The quantitative estimate of drug-likeness (QED) is 0.646. The lowest BCUT2D eigenvalue weighted by Gasteiger charge is -2.22. The van der Waals surface area contributed by atoms with E-state index >= 15 is 0 Å². The summed E-state index contributed by atoms with van der Waals surface area (Å²) < 4.78 is 5.57. The Morgan fingerprint density at radius 2 is 2.07 bits per heavy atom. The van der Waals surface area contributed by atoms with Gasteiger partial charge in [0, 0.05) is 16.7 Å². The number of rotatable bonds is 0. The van der Waals surface area contributed by atoms with Gasteiger partial charge in [-0.2, -0.15) is 0 Å². The maximum atomic E-state index is 5.57. The molecule has 0 atom stereocenters. The summed E-state index contributed by atoms with van der Waals surface area (Å²) in [5.41, 5.74) is 3.35. The Morgan fingerprint density at radius 1 is 1.33 bits per heavy atom. The molecule has 0 aromatic carbocycles. The van der Waals surface area contributed by atoms with E-state index in [1.165, 1.54) is 0 Å². The predicted octanol–water partition coefficient (Wildman–Crippen LogP) is 3.09. The third-order valence-electron chi connectivity index (χ3n) is 2.56. The second-order valence-electron chi connectivity index (χ2n) is 4.97. The molecule has 2 heteroatoms. The lowest BCUT2D eigenvalue weighted by molar-refractivity contribution is 0.353. The fourth-order valence-corrected chi connectivity index (χ4v) is 1.69. The van der Waals surface area contributed by atoms with Crippen LogP contribution in [0.5, 0.6) is 5.75 Å². The molecule has 0 unspecified atom stereocenters. The van der Waals surface area contributed by atoms with Gasteiger partial charge in [-0.3, -0.25) is 4.98 Å². The van der Waals surface area contributed by atoms with Crippen LogP contribution in [0.1, 0.15) is 37.7 Å². The summed E-state index contributed by atoms with van der Waals surface area (Å²) in [6.45, 7) is 9.19. The van der Waals surface area contributed by atoms with Gasteiger partial charge in [-0.15, -0.1) is 0 Å². The molecule has 15 heavy (non-hydrogen) atoms. The molecule has 1 aromatic rings. The van der Waals surface area contributed by atoms with Crippen molar-refractivity contribution in [3.63, 3.8) is 0 Å². The number of hydrogen-bond acceptors (Lipinski definition) is 2. The molecule has 2 rings (SSSR count). The average molecular weight is 203 g/mol. The van der Waals surface area contributed by atoms with Gasteiger partial charge in [0.15, 0.2) is 0 Å². The standard InChI is InChI=1S/C13H17NO/c1-9-12-10(6-5-7-15-12)8-11(14-9)13(2,3)4/h5-6,8H,7H2,1-4H3. The minimum absolute atomic E-state index is 0.0884. The second-order valence-corrected chi connectivity index (χ2v) is 4.97. The van der Waals surface area contributed by atoms with E-state index in [0.717, 1.165) is 22.7 Å². The summed E-state index contributed by atoms with van der Waals surface area (Å²) >= 11 is 0. The van der Waals surface area contributed by atoms with E-state index < -0.39 is 0 Å². The lowest BCUT2D eigenvalue weighted by Crippen LogP contribution is -2.16. The fraction of sp³-hybridized carbons (Fsp3) is 0.462. The summed E-state index contributed by atoms with van der Waals surface area (Å²) in [4.78, 5) is 4.60. The minimum atomic E-state index is 0.0884. The molecule has 0 saturated carbocycles. The van der Waals surface area contributed by atoms with Crippen molar-refractivity contribution in [3.05, 3.63) is 29.1 Å². The van der Waals surface area contributed by atoms with Gasteiger partial charge < -0.3 is 4.74 Å². The zero-order valence-corrected chi connectivity index (χ0v) is 9.79. The van der Waals surface area contributed by atoms with E-state index in [-0.39, 0.29) is 5.41 Å². The first-order valence-electron chi connectivity index (χ1n) is 5.30.